The molecule has 41 valence electrons. The Bertz CT molecular complexity index is 30.0. The van der Waals surface area contributed by atoms with Gasteiger partial charge >= 0.3 is 51.7 Å². The summed E-state index contributed by atoms with van der Waals surface area (Å²) >= 11 is -1.26. The Morgan fingerprint density at radius 3 is 2.00 bits per heavy atom. The summed E-state index contributed by atoms with van der Waals surface area (Å²) < 4.78 is 0. The van der Waals surface area contributed by atoms with E-state index in [1.807, 2.05) is 0 Å². The zero-order chi connectivity index (χ0) is 4.99. The van der Waals surface area contributed by atoms with Crippen molar-refractivity contribution in [1.29, 1.82) is 0 Å². The minimum atomic E-state index is -1.26. The molecule has 0 aromatic carbocycles. The molecular formula is C3H7Cl2Ru. The molecule has 0 spiro atoms. The second-order valence-electron chi connectivity index (χ2n) is 0.916. The van der Waals surface area contributed by atoms with Crippen LogP contribution in [0, 0.1) is 0 Å². The van der Waals surface area contributed by atoms with Crippen LogP contribution in [0.3, 0.4) is 0 Å². The van der Waals surface area contributed by atoms with Gasteiger partial charge in [0.25, 0.3) is 0 Å². The van der Waals surface area contributed by atoms with Crippen LogP contribution in [-0.2, 0) is 14.0 Å². The summed E-state index contributed by atoms with van der Waals surface area (Å²) in [4.78, 5) is 0. The van der Waals surface area contributed by atoms with Gasteiger partial charge in [-0.05, 0) is 0 Å². The van der Waals surface area contributed by atoms with E-state index in [1.54, 1.807) is 0 Å². The molecule has 0 aromatic rings. The summed E-state index contributed by atoms with van der Waals surface area (Å²) in [7, 11) is 11.0. The van der Waals surface area contributed by atoms with Crippen molar-refractivity contribution >= 4 is 19.4 Å². The molecule has 6 heavy (non-hydrogen) atoms. The van der Waals surface area contributed by atoms with Crippen LogP contribution in [0.15, 0.2) is 0 Å². The molecule has 3 heteroatoms. The molecule has 0 heterocycles. The van der Waals surface area contributed by atoms with Crippen LogP contribution in [0.25, 0.3) is 0 Å². The average molecular weight is 215 g/mol. The standard InChI is InChI=1S/C3H7.2ClH.Ru/c1-3-2;;;/h1,3H2,2H3;2*1H;/q;;;+2/p-2. The zero-order valence-corrected chi connectivity index (χ0v) is 6.77. The van der Waals surface area contributed by atoms with Gasteiger partial charge in [0.05, 0.1) is 0 Å². The number of rotatable bonds is 2. The number of hydrogen-bond donors (Lipinski definition) is 0. The molecule has 0 saturated carbocycles. The van der Waals surface area contributed by atoms with Crippen LogP contribution >= 0.6 is 19.4 Å². The summed E-state index contributed by atoms with van der Waals surface area (Å²) in [5.41, 5.74) is 0. The Morgan fingerprint density at radius 1 is 1.50 bits per heavy atom. The SMILES string of the molecule is CC[CH2][Ru]([Cl])[Cl]. The van der Waals surface area contributed by atoms with Gasteiger partial charge < -0.3 is 0 Å². The summed E-state index contributed by atoms with van der Waals surface area (Å²) in [5, 5.41) is 1.05. The molecule has 0 aromatic heterocycles. The molecule has 0 aliphatic heterocycles. The van der Waals surface area contributed by atoms with E-state index in [0.29, 0.717) is 0 Å². The van der Waals surface area contributed by atoms with E-state index in [1.165, 1.54) is 0 Å². The van der Waals surface area contributed by atoms with Crippen LogP contribution < -0.4 is 0 Å². The fourth-order valence-corrected chi connectivity index (χ4v) is 2.37. The third-order valence-electron chi connectivity index (χ3n) is 0.310. The molecule has 0 nitrogen and oxygen atoms in total. The van der Waals surface area contributed by atoms with Gasteiger partial charge in [0.15, 0.2) is 0 Å². The first-order valence-corrected chi connectivity index (χ1v) is 7.43. The Balaban J connectivity index is 2.63. The fraction of sp³-hybridized carbons (Fsp3) is 1.00. The van der Waals surface area contributed by atoms with Crippen molar-refractivity contribution < 1.29 is 14.0 Å². The Kier molecular flexibility index (Phi) is 5.24. The van der Waals surface area contributed by atoms with Gasteiger partial charge in [-0.15, -0.1) is 0 Å². The van der Waals surface area contributed by atoms with Crippen molar-refractivity contribution in [3.8, 4) is 0 Å². The van der Waals surface area contributed by atoms with Crippen LogP contribution in [-0.4, -0.2) is 0 Å². The van der Waals surface area contributed by atoms with E-state index in [9.17, 15) is 0 Å². The first-order valence-electron chi connectivity index (χ1n) is 1.72. The van der Waals surface area contributed by atoms with Gasteiger partial charge in [0.1, 0.15) is 0 Å². The molecule has 0 amide bonds. The molecule has 0 rings (SSSR count). The predicted octanol–water partition coefficient (Wildman–Crippen LogP) is 2.74. The average Bonchev–Trinajstić information content (AvgIpc) is 1.35. The van der Waals surface area contributed by atoms with E-state index in [-0.39, 0.29) is 0 Å². The number of hydrogen-bond acceptors (Lipinski definition) is 0. The second kappa shape index (κ2) is 4.36. The maximum atomic E-state index is 5.49. The molecule has 0 unspecified atom stereocenters. The first kappa shape index (κ1) is 7.20. The van der Waals surface area contributed by atoms with E-state index >= 15 is 0 Å². The molecular weight excluding hydrogens is 208 g/mol. The van der Waals surface area contributed by atoms with Gasteiger partial charge in [-0.25, -0.2) is 0 Å². The summed E-state index contributed by atoms with van der Waals surface area (Å²) in [5.74, 6) is 0. The van der Waals surface area contributed by atoms with Crippen molar-refractivity contribution in [2.45, 2.75) is 18.4 Å². The Hall–Kier alpha value is 1.20. The monoisotopic (exact) mass is 215 g/mol. The third-order valence-corrected chi connectivity index (χ3v) is 3.42. The zero-order valence-electron chi connectivity index (χ0n) is 3.52. The number of halogens is 2. The molecule has 0 N–H and O–H groups in total. The molecule has 0 saturated heterocycles. The van der Waals surface area contributed by atoms with Gasteiger partial charge in [0.2, 0.25) is 0 Å². The van der Waals surface area contributed by atoms with Crippen molar-refractivity contribution in [2.75, 3.05) is 0 Å². The maximum absolute atomic E-state index is 5.49. The topological polar surface area (TPSA) is 0 Å². The van der Waals surface area contributed by atoms with Crippen molar-refractivity contribution in [3.05, 3.63) is 0 Å². The van der Waals surface area contributed by atoms with E-state index in [4.69, 9.17) is 19.4 Å². The minimum absolute atomic E-state index is 1.05. The molecule has 0 radical (unpaired) electrons. The van der Waals surface area contributed by atoms with Crippen LogP contribution in [0.5, 0.6) is 0 Å². The fourth-order valence-electron chi connectivity index (χ4n) is 0.134. The van der Waals surface area contributed by atoms with Crippen LogP contribution in [0.4, 0.5) is 0 Å². The second-order valence-corrected chi connectivity index (χ2v) is 7.59. The molecule has 0 aliphatic carbocycles. The van der Waals surface area contributed by atoms with Gasteiger partial charge in [0, 0.05) is 0 Å². The molecule has 0 atom stereocenters. The first-order chi connectivity index (χ1) is 2.77. The summed E-state index contributed by atoms with van der Waals surface area (Å²) in [6.07, 6.45) is 1.13. The summed E-state index contributed by atoms with van der Waals surface area (Å²) in [6.45, 7) is 2.09. The summed E-state index contributed by atoms with van der Waals surface area (Å²) in [6, 6.07) is 0. The van der Waals surface area contributed by atoms with Gasteiger partial charge in [-0.1, -0.05) is 0 Å². The Labute approximate surface area is 51.8 Å². The predicted molar refractivity (Wildman–Crippen MR) is 26.8 cm³/mol. The van der Waals surface area contributed by atoms with Crippen molar-refractivity contribution in [3.63, 3.8) is 0 Å². The Morgan fingerprint density at radius 2 is 2.00 bits per heavy atom. The van der Waals surface area contributed by atoms with Gasteiger partial charge in [-0.3, -0.25) is 0 Å². The van der Waals surface area contributed by atoms with Gasteiger partial charge in [-0.2, -0.15) is 0 Å². The quantitative estimate of drug-likeness (QED) is 0.621. The van der Waals surface area contributed by atoms with E-state index in [2.05, 4.69) is 6.92 Å². The van der Waals surface area contributed by atoms with Crippen LogP contribution in [0.2, 0.25) is 5.02 Å². The van der Waals surface area contributed by atoms with Crippen molar-refractivity contribution in [2.24, 2.45) is 0 Å². The van der Waals surface area contributed by atoms with Crippen molar-refractivity contribution in [1.82, 2.24) is 0 Å². The molecule has 0 aliphatic rings. The molecule has 0 bridgehead atoms. The third kappa shape index (κ3) is 5.20. The molecule has 0 fully saturated rings. The normalized spacial score (nSPS) is 11.5. The van der Waals surface area contributed by atoms with Crippen LogP contribution in [0.1, 0.15) is 13.3 Å². The van der Waals surface area contributed by atoms with E-state index in [0.717, 1.165) is 11.4 Å². The van der Waals surface area contributed by atoms with E-state index < -0.39 is 14.0 Å².